The number of fused-ring (bicyclic) bond motifs is 1. The molecule has 0 saturated carbocycles. The zero-order valence-corrected chi connectivity index (χ0v) is 18.3. The van der Waals surface area contributed by atoms with Gasteiger partial charge in [-0.3, -0.25) is 14.5 Å². The van der Waals surface area contributed by atoms with E-state index >= 15 is 0 Å². The predicted octanol–water partition coefficient (Wildman–Crippen LogP) is 4.18. The van der Waals surface area contributed by atoms with Gasteiger partial charge >= 0.3 is 0 Å². The van der Waals surface area contributed by atoms with Crippen LogP contribution < -0.4 is 5.56 Å². The molecule has 1 aliphatic rings. The largest absolute Gasteiger partial charge is 0.508 e. The van der Waals surface area contributed by atoms with Crippen molar-refractivity contribution in [3.05, 3.63) is 94.8 Å². The maximum atomic E-state index is 13.6. The van der Waals surface area contributed by atoms with Crippen LogP contribution in [0.1, 0.15) is 10.9 Å². The van der Waals surface area contributed by atoms with Crippen molar-refractivity contribution in [1.82, 2.24) is 14.5 Å². The Hall–Kier alpha value is -3.49. The van der Waals surface area contributed by atoms with Crippen molar-refractivity contribution in [1.29, 1.82) is 0 Å². The smallest absolute Gasteiger partial charge is 0.268 e. The molecule has 5 rings (SSSR count). The fourth-order valence-corrected chi connectivity index (χ4v) is 5.38. The van der Waals surface area contributed by atoms with Gasteiger partial charge in [0.05, 0.1) is 16.7 Å². The molecule has 2 heterocycles. The summed E-state index contributed by atoms with van der Waals surface area (Å²) in [5.41, 5.74) is 1.47. The number of aromatic nitrogens is 2. The number of hydrogen-bond acceptors (Lipinski definition) is 6. The van der Waals surface area contributed by atoms with E-state index in [1.807, 2.05) is 36.4 Å². The summed E-state index contributed by atoms with van der Waals surface area (Å²) in [6.45, 7) is 0. The predicted molar refractivity (Wildman–Crippen MR) is 130 cm³/mol. The molecule has 1 unspecified atom stereocenters. The number of phenols is 1. The maximum absolute atomic E-state index is 13.6. The number of nitrogens with zero attached hydrogens (tertiary/aromatic N) is 3. The highest BCUT2D eigenvalue weighted by molar-refractivity contribution is 8.00. The van der Waals surface area contributed by atoms with Gasteiger partial charge in [0.25, 0.3) is 5.56 Å². The van der Waals surface area contributed by atoms with Crippen molar-refractivity contribution in [2.75, 3.05) is 5.75 Å². The lowest BCUT2D eigenvalue weighted by Gasteiger charge is -2.27. The molecule has 32 heavy (non-hydrogen) atoms. The fraction of sp³-hybridized carbons (Fsp3) is 0.0833. The summed E-state index contributed by atoms with van der Waals surface area (Å²) < 4.78 is 1.32. The first kappa shape index (κ1) is 20.4. The third-order valence-electron chi connectivity index (χ3n) is 5.28. The molecule has 1 fully saturated rings. The van der Waals surface area contributed by atoms with E-state index in [1.165, 1.54) is 21.2 Å². The molecule has 1 saturated heterocycles. The number of amides is 1. The number of thioether (sulfide) groups is 1. The summed E-state index contributed by atoms with van der Waals surface area (Å²) in [5.74, 6) is 0.391. The van der Waals surface area contributed by atoms with E-state index in [0.717, 1.165) is 0 Å². The third kappa shape index (κ3) is 3.37. The highest BCUT2D eigenvalue weighted by Crippen LogP contribution is 2.42. The average Bonchev–Trinajstić information content (AvgIpc) is 3.20. The molecular weight excluding hydrogens is 442 g/mol. The normalized spacial score (nSPS) is 15.9. The molecule has 1 aromatic heterocycles. The molecule has 8 heteroatoms. The molecule has 3 aromatic carbocycles. The van der Waals surface area contributed by atoms with E-state index in [1.54, 1.807) is 42.5 Å². The number of carbonyl (C=O) groups is 1. The van der Waals surface area contributed by atoms with Crippen LogP contribution in [0.25, 0.3) is 22.3 Å². The zero-order valence-electron chi connectivity index (χ0n) is 16.7. The van der Waals surface area contributed by atoms with Crippen LogP contribution in [0.4, 0.5) is 0 Å². The average molecular weight is 460 g/mol. The van der Waals surface area contributed by atoms with Crippen LogP contribution in [0.2, 0.25) is 0 Å². The second-order valence-electron chi connectivity index (χ2n) is 7.23. The maximum Gasteiger partial charge on any atom is 0.268 e. The van der Waals surface area contributed by atoms with Crippen LogP contribution in [0, 0.1) is 0 Å². The molecule has 1 amide bonds. The lowest BCUT2D eigenvalue weighted by atomic mass is 10.1. The Morgan fingerprint density at radius 3 is 2.44 bits per heavy atom. The van der Waals surface area contributed by atoms with Crippen LogP contribution in [-0.4, -0.2) is 36.3 Å². The summed E-state index contributed by atoms with van der Waals surface area (Å²) in [5, 5.41) is 10.3. The standard InChI is InChI=1S/C24H17N3O3S2/c28-19-13-7-5-11-17(19)23-26(20(29)14-32-23)24(31)27-21(15-8-2-1-3-9-15)25-18-12-6-4-10-16(18)22(27)30/h1-13,23,28H,14H2. The number of rotatable bonds is 2. The number of aromatic hydroxyl groups is 1. The second kappa shape index (κ2) is 8.22. The van der Waals surface area contributed by atoms with Gasteiger partial charge in [0.2, 0.25) is 5.91 Å². The van der Waals surface area contributed by atoms with Crippen LogP contribution in [0.15, 0.2) is 83.7 Å². The molecule has 158 valence electrons. The van der Waals surface area contributed by atoms with Gasteiger partial charge in [-0.25, -0.2) is 9.55 Å². The number of phenolic OH excluding ortho intramolecular Hbond substituents is 1. The van der Waals surface area contributed by atoms with Gasteiger partial charge in [0.15, 0.2) is 5.11 Å². The Kier molecular flexibility index (Phi) is 5.24. The van der Waals surface area contributed by atoms with E-state index in [0.29, 0.717) is 27.9 Å². The molecule has 0 spiro atoms. The molecule has 1 aliphatic heterocycles. The van der Waals surface area contributed by atoms with E-state index in [-0.39, 0.29) is 28.1 Å². The van der Waals surface area contributed by atoms with Gasteiger partial charge in [-0.2, -0.15) is 0 Å². The fourth-order valence-electron chi connectivity index (χ4n) is 3.76. The van der Waals surface area contributed by atoms with E-state index < -0.39 is 5.37 Å². The number of carbonyl (C=O) groups excluding carboxylic acids is 1. The minimum absolute atomic E-state index is 0.0374. The molecular formula is C24H17N3O3S2. The minimum Gasteiger partial charge on any atom is -0.508 e. The lowest BCUT2D eigenvalue weighted by Crippen LogP contribution is -2.43. The summed E-state index contributed by atoms with van der Waals surface area (Å²) in [6.07, 6.45) is 0. The highest BCUT2D eigenvalue weighted by atomic mass is 32.2. The van der Waals surface area contributed by atoms with Crippen molar-refractivity contribution in [3.8, 4) is 17.1 Å². The van der Waals surface area contributed by atoms with Gasteiger partial charge in [-0.05, 0) is 30.4 Å². The van der Waals surface area contributed by atoms with Crippen LogP contribution in [0.3, 0.4) is 0 Å². The van der Waals surface area contributed by atoms with E-state index in [2.05, 4.69) is 0 Å². The number of benzene rings is 3. The molecule has 6 nitrogen and oxygen atoms in total. The minimum atomic E-state index is -0.543. The third-order valence-corrected chi connectivity index (χ3v) is 6.85. The molecule has 0 radical (unpaired) electrons. The molecule has 4 aromatic rings. The van der Waals surface area contributed by atoms with Crippen molar-refractivity contribution in [2.45, 2.75) is 5.37 Å². The number of para-hydroxylation sites is 2. The number of thiocarbonyl (C=S) groups is 1. The van der Waals surface area contributed by atoms with Crippen molar-refractivity contribution < 1.29 is 9.90 Å². The van der Waals surface area contributed by atoms with Gasteiger partial charge in [0, 0.05) is 11.1 Å². The lowest BCUT2D eigenvalue weighted by molar-refractivity contribution is -0.124. The summed E-state index contributed by atoms with van der Waals surface area (Å²) in [4.78, 5) is 32.6. The quantitative estimate of drug-likeness (QED) is 0.454. The second-order valence-corrected chi connectivity index (χ2v) is 8.66. The van der Waals surface area contributed by atoms with Crippen LogP contribution in [-0.2, 0) is 4.79 Å². The topological polar surface area (TPSA) is 75.4 Å². The van der Waals surface area contributed by atoms with Gasteiger partial charge < -0.3 is 5.11 Å². The first-order valence-electron chi connectivity index (χ1n) is 9.89. The van der Waals surface area contributed by atoms with Crippen LogP contribution >= 0.6 is 24.0 Å². The molecule has 0 bridgehead atoms. The van der Waals surface area contributed by atoms with Crippen molar-refractivity contribution >= 4 is 45.9 Å². The number of hydrogen-bond donors (Lipinski definition) is 1. The van der Waals surface area contributed by atoms with Gasteiger partial charge in [-0.15, -0.1) is 11.8 Å². The first-order chi connectivity index (χ1) is 15.6. The molecule has 0 aliphatic carbocycles. The van der Waals surface area contributed by atoms with E-state index in [9.17, 15) is 14.7 Å². The molecule has 1 atom stereocenters. The molecule has 1 N–H and O–H groups in total. The SMILES string of the molecule is O=C1CSC(c2ccccc2O)N1C(=S)n1c(-c2ccccc2)nc2ccccc2c1=O. The Morgan fingerprint density at radius 2 is 1.66 bits per heavy atom. The Bertz CT molecular complexity index is 1420. The monoisotopic (exact) mass is 459 g/mol. The first-order valence-corrected chi connectivity index (χ1v) is 11.3. The summed E-state index contributed by atoms with van der Waals surface area (Å²) in [6, 6.07) is 23.2. The van der Waals surface area contributed by atoms with Crippen molar-refractivity contribution in [2.24, 2.45) is 0 Å². The Morgan fingerprint density at radius 1 is 0.969 bits per heavy atom. The Labute approximate surface area is 193 Å². The van der Waals surface area contributed by atoms with Gasteiger partial charge in [-0.1, -0.05) is 60.7 Å². The highest BCUT2D eigenvalue weighted by Gasteiger charge is 2.38. The van der Waals surface area contributed by atoms with E-state index in [4.69, 9.17) is 17.2 Å². The van der Waals surface area contributed by atoms with Crippen molar-refractivity contribution in [3.63, 3.8) is 0 Å². The summed E-state index contributed by atoms with van der Waals surface area (Å²) in [7, 11) is 0. The summed E-state index contributed by atoms with van der Waals surface area (Å²) >= 11 is 7.10. The zero-order chi connectivity index (χ0) is 22.2. The van der Waals surface area contributed by atoms with Crippen LogP contribution in [0.5, 0.6) is 5.75 Å². The van der Waals surface area contributed by atoms with Gasteiger partial charge in [0.1, 0.15) is 16.9 Å². The Balaban J connectivity index is 1.72.